The summed E-state index contributed by atoms with van der Waals surface area (Å²) in [7, 11) is 3.20. The molecule has 1 aromatic carbocycles. The molecule has 1 atom stereocenters. The summed E-state index contributed by atoms with van der Waals surface area (Å²) >= 11 is 0. The van der Waals surface area contributed by atoms with Crippen LogP contribution in [0.5, 0.6) is 11.5 Å². The van der Waals surface area contributed by atoms with Crippen LogP contribution >= 0.6 is 0 Å². The first-order valence-corrected chi connectivity index (χ1v) is 8.96. The first-order chi connectivity index (χ1) is 13.6. The van der Waals surface area contributed by atoms with Crippen LogP contribution in [0.15, 0.2) is 18.2 Å². The number of ether oxygens (including phenoxy) is 3. The Morgan fingerprint density at radius 2 is 1.90 bits per heavy atom. The highest BCUT2D eigenvalue weighted by atomic mass is 16.6. The molecule has 0 aliphatic rings. The number of aromatic nitrogens is 2. The molecule has 9 nitrogen and oxygen atoms in total. The summed E-state index contributed by atoms with van der Waals surface area (Å²) in [5, 5.41) is 6.94. The highest BCUT2D eigenvalue weighted by Gasteiger charge is 2.21. The number of carbonyl (C=O) groups excluding carboxylic acids is 3. The Balaban J connectivity index is 1.93. The van der Waals surface area contributed by atoms with Gasteiger partial charge < -0.3 is 19.5 Å². The highest BCUT2D eigenvalue weighted by Crippen LogP contribution is 2.28. The number of hydrogen-bond donors (Lipinski definition) is 1. The Kier molecular flexibility index (Phi) is 6.98. The third kappa shape index (κ3) is 5.34. The average Bonchev–Trinajstić information content (AvgIpc) is 2.91. The monoisotopic (exact) mass is 403 g/mol. The van der Waals surface area contributed by atoms with Gasteiger partial charge in [-0.15, -0.1) is 0 Å². The molecule has 0 radical (unpaired) electrons. The molecule has 0 unspecified atom stereocenters. The van der Waals surface area contributed by atoms with Crippen LogP contribution in [0.4, 0.5) is 5.69 Å². The van der Waals surface area contributed by atoms with Crippen LogP contribution in [0.3, 0.4) is 0 Å². The Hall–Kier alpha value is -3.36. The van der Waals surface area contributed by atoms with Gasteiger partial charge in [0.2, 0.25) is 0 Å². The molecule has 156 valence electrons. The van der Waals surface area contributed by atoms with Gasteiger partial charge in [0.1, 0.15) is 0 Å². The van der Waals surface area contributed by atoms with Gasteiger partial charge in [-0.3, -0.25) is 14.3 Å². The second-order valence-corrected chi connectivity index (χ2v) is 6.50. The molecule has 0 spiro atoms. The smallest absolute Gasteiger partial charge is 0.344 e. The molecule has 1 amide bonds. The summed E-state index contributed by atoms with van der Waals surface area (Å²) in [5.41, 5.74) is 2.51. The third-order valence-electron chi connectivity index (χ3n) is 4.35. The molecule has 1 heterocycles. The first-order valence-electron chi connectivity index (χ1n) is 8.96. The zero-order valence-electron chi connectivity index (χ0n) is 17.4. The molecular weight excluding hydrogens is 378 g/mol. The minimum atomic E-state index is -1.02. The highest BCUT2D eigenvalue weighted by molar-refractivity contribution is 5.96. The van der Waals surface area contributed by atoms with Crippen molar-refractivity contribution in [3.63, 3.8) is 0 Å². The molecule has 1 aromatic heterocycles. The van der Waals surface area contributed by atoms with E-state index in [-0.39, 0.29) is 11.5 Å². The molecule has 29 heavy (non-hydrogen) atoms. The van der Waals surface area contributed by atoms with E-state index < -0.39 is 24.6 Å². The lowest BCUT2D eigenvalue weighted by atomic mass is 10.1. The SMILES string of the molecule is COc1cc(C(C)=O)ccc1OCC(=O)O[C@@H](C)C(=O)Nc1c(C)nn(C)c1C. The number of methoxy groups -OCH3 is 1. The molecule has 0 saturated heterocycles. The number of anilines is 1. The summed E-state index contributed by atoms with van der Waals surface area (Å²) < 4.78 is 17.4. The molecular formula is C20H25N3O6. The van der Waals surface area contributed by atoms with Gasteiger partial charge in [0.25, 0.3) is 5.91 Å². The van der Waals surface area contributed by atoms with Crippen LogP contribution < -0.4 is 14.8 Å². The number of carbonyl (C=O) groups is 3. The van der Waals surface area contributed by atoms with Gasteiger partial charge >= 0.3 is 5.97 Å². The van der Waals surface area contributed by atoms with Crippen LogP contribution in [0.2, 0.25) is 0 Å². The quantitative estimate of drug-likeness (QED) is 0.532. The number of nitrogens with zero attached hydrogens (tertiary/aromatic N) is 2. The van der Waals surface area contributed by atoms with Crippen molar-refractivity contribution in [1.29, 1.82) is 0 Å². The van der Waals surface area contributed by atoms with Gasteiger partial charge in [-0.2, -0.15) is 5.10 Å². The topological polar surface area (TPSA) is 109 Å². The van der Waals surface area contributed by atoms with Crippen LogP contribution in [0, 0.1) is 13.8 Å². The Morgan fingerprint density at radius 1 is 1.21 bits per heavy atom. The maximum atomic E-state index is 12.3. The number of rotatable bonds is 8. The molecule has 2 aromatic rings. The van der Waals surface area contributed by atoms with Crippen molar-refractivity contribution in [3.05, 3.63) is 35.2 Å². The van der Waals surface area contributed by atoms with E-state index in [0.29, 0.717) is 22.7 Å². The summed E-state index contributed by atoms with van der Waals surface area (Å²) in [6.45, 7) is 6.09. The molecule has 0 fully saturated rings. The average molecular weight is 403 g/mol. The van der Waals surface area contributed by atoms with Gasteiger partial charge in [-0.05, 0) is 45.9 Å². The van der Waals surface area contributed by atoms with Crippen molar-refractivity contribution in [3.8, 4) is 11.5 Å². The Labute approximate surface area is 168 Å². The number of benzene rings is 1. The number of aryl methyl sites for hydroxylation is 2. The number of amides is 1. The molecule has 0 bridgehead atoms. The van der Waals surface area contributed by atoms with Crippen molar-refractivity contribution >= 4 is 23.3 Å². The number of nitrogens with one attached hydrogen (secondary N) is 1. The molecule has 0 saturated carbocycles. The van der Waals surface area contributed by atoms with Gasteiger partial charge in [-0.25, -0.2) is 4.79 Å². The second-order valence-electron chi connectivity index (χ2n) is 6.50. The van der Waals surface area contributed by atoms with Crippen molar-refractivity contribution in [2.45, 2.75) is 33.8 Å². The lowest BCUT2D eigenvalue weighted by Crippen LogP contribution is -2.32. The van der Waals surface area contributed by atoms with E-state index in [1.807, 2.05) is 6.92 Å². The number of hydrogen-bond acceptors (Lipinski definition) is 7. The standard InChI is InChI=1S/C20H25N3O6/c1-11-19(12(2)23(5)22-11)21-20(26)14(4)29-18(25)10-28-16-8-7-15(13(3)24)9-17(16)27-6/h7-9,14H,10H2,1-6H3,(H,21,26)/t14-/m0/s1. The predicted molar refractivity (Wildman–Crippen MR) is 105 cm³/mol. The maximum absolute atomic E-state index is 12.3. The fraction of sp³-hybridized carbons (Fsp3) is 0.400. The van der Waals surface area contributed by atoms with Gasteiger partial charge in [-0.1, -0.05) is 0 Å². The van der Waals surface area contributed by atoms with E-state index in [4.69, 9.17) is 14.2 Å². The fourth-order valence-electron chi connectivity index (χ4n) is 2.61. The Morgan fingerprint density at radius 3 is 2.45 bits per heavy atom. The predicted octanol–water partition coefficient (Wildman–Crippen LogP) is 2.20. The fourth-order valence-corrected chi connectivity index (χ4v) is 2.61. The molecule has 9 heteroatoms. The van der Waals surface area contributed by atoms with E-state index in [9.17, 15) is 14.4 Å². The largest absolute Gasteiger partial charge is 0.493 e. The second kappa shape index (κ2) is 9.22. The van der Waals surface area contributed by atoms with Crippen molar-refractivity contribution < 1.29 is 28.6 Å². The van der Waals surface area contributed by atoms with E-state index in [0.717, 1.165) is 5.69 Å². The normalized spacial score (nSPS) is 11.5. The molecule has 0 aliphatic carbocycles. The zero-order chi connectivity index (χ0) is 21.7. The van der Waals surface area contributed by atoms with E-state index in [1.165, 1.54) is 33.1 Å². The van der Waals surface area contributed by atoms with Gasteiger partial charge in [0, 0.05) is 12.6 Å². The summed E-state index contributed by atoms with van der Waals surface area (Å²) in [4.78, 5) is 35.8. The third-order valence-corrected chi connectivity index (χ3v) is 4.35. The van der Waals surface area contributed by atoms with Crippen molar-refractivity contribution in [1.82, 2.24) is 9.78 Å². The van der Waals surface area contributed by atoms with Gasteiger partial charge in [0.15, 0.2) is 30.0 Å². The lowest BCUT2D eigenvalue weighted by molar-refractivity contribution is -0.155. The van der Waals surface area contributed by atoms with E-state index >= 15 is 0 Å². The molecule has 2 rings (SSSR count). The van der Waals surface area contributed by atoms with Crippen LogP contribution in [0.1, 0.15) is 35.6 Å². The van der Waals surface area contributed by atoms with Crippen LogP contribution in [-0.2, 0) is 21.4 Å². The lowest BCUT2D eigenvalue weighted by Gasteiger charge is -2.15. The summed E-state index contributed by atoms with van der Waals surface area (Å²) in [5.74, 6) is -0.703. The number of ketones is 1. The van der Waals surface area contributed by atoms with Crippen molar-refractivity contribution in [2.24, 2.45) is 7.05 Å². The van der Waals surface area contributed by atoms with E-state index in [1.54, 1.807) is 24.7 Å². The minimum absolute atomic E-state index is 0.117. The first kappa shape index (κ1) is 21.9. The van der Waals surface area contributed by atoms with Crippen LogP contribution in [0.25, 0.3) is 0 Å². The summed E-state index contributed by atoms with van der Waals surface area (Å²) in [6.07, 6.45) is -1.02. The van der Waals surface area contributed by atoms with Gasteiger partial charge in [0.05, 0.1) is 24.2 Å². The number of esters is 1. The van der Waals surface area contributed by atoms with Crippen molar-refractivity contribution in [2.75, 3.05) is 19.0 Å². The zero-order valence-corrected chi connectivity index (χ0v) is 17.4. The maximum Gasteiger partial charge on any atom is 0.344 e. The minimum Gasteiger partial charge on any atom is -0.493 e. The van der Waals surface area contributed by atoms with E-state index in [2.05, 4.69) is 10.4 Å². The van der Waals surface area contributed by atoms with Crippen LogP contribution in [-0.4, -0.2) is 47.3 Å². The molecule has 1 N–H and O–H groups in total. The summed E-state index contributed by atoms with van der Waals surface area (Å²) in [6, 6.07) is 4.63. The number of Topliss-reactive ketones (excluding diaryl/α,β-unsaturated/α-hetero) is 1. The Bertz CT molecular complexity index is 935. The molecule has 0 aliphatic heterocycles.